The molecular weight excluding hydrogens is 442 g/mol. The fourth-order valence-corrected chi connectivity index (χ4v) is 2.76. The minimum absolute atomic E-state index is 0.151. The van der Waals surface area contributed by atoms with E-state index in [1.54, 1.807) is 24.3 Å². The third-order valence-electron chi connectivity index (χ3n) is 3.95. The summed E-state index contributed by atoms with van der Waals surface area (Å²) >= 11 is 3.37. The van der Waals surface area contributed by atoms with Gasteiger partial charge in [0.15, 0.2) is 6.61 Å². The van der Waals surface area contributed by atoms with Gasteiger partial charge in [0.05, 0.1) is 25.6 Å². The molecule has 0 aliphatic rings. The fourth-order valence-electron chi connectivity index (χ4n) is 2.49. The lowest BCUT2D eigenvalue weighted by Crippen LogP contribution is -2.21. The maximum Gasteiger partial charge on any atom is 0.356 e. The molecule has 1 heterocycles. The first-order valence-electron chi connectivity index (χ1n) is 8.50. The lowest BCUT2D eigenvalue weighted by atomic mass is 10.1. The van der Waals surface area contributed by atoms with Crippen LogP contribution in [-0.4, -0.2) is 42.9 Å². The lowest BCUT2D eigenvalue weighted by Gasteiger charge is -2.11. The smallest absolute Gasteiger partial charge is 0.356 e. The Morgan fingerprint density at radius 2 is 1.83 bits per heavy atom. The number of anilines is 1. The second kappa shape index (κ2) is 9.24. The van der Waals surface area contributed by atoms with Crippen LogP contribution in [0.3, 0.4) is 0 Å². The molecule has 0 fully saturated rings. The minimum atomic E-state index is -0.683. The second-order valence-electron chi connectivity index (χ2n) is 5.86. The number of hydrogen-bond donors (Lipinski definition) is 2. The number of nitrogens with one attached hydrogen (secondary N) is 2. The van der Waals surface area contributed by atoms with E-state index in [0.29, 0.717) is 22.9 Å². The van der Waals surface area contributed by atoms with Crippen molar-refractivity contribution in [3.8, 4) is 22.8 Å². The highest BCUT2D eigenvalue weighted by atomic mass is 79.9. The monoisotopic (exact) mass is 459 g/mol. The van der Waals surface area contributed by atoms with E-state index >= 15 is 0 Å². The summed E-state index contributed by atoms with van der Waals surface area (Å²) in [6.07, 6.45) is 0. The molecule has 0 radical (unpaired) electrons. The molecule has 0 aliphatic heterocycles. The number of esters is 1. The summed E-state index contributed by atoms with van der Waals surface area (Å²) in [5.74, 6) is -0.170. The summed E-state index contributed by atoms with van der Waals surface area (Å²) in [5.41, 5.74) is 2.02. The summed E-state index contributed by atoms with van der Waals surface area (Å²) in [6.45, 7) is -0.458. The van der Waals surface area contributed by atoms with Crippen molar-refractivity contribution in [3.05, 3.63) is 58.7 Å². The summed E-state index contributed by atoms with van der Waals surface area (Å²) in [5, 5.41) is 9.35. The zero-order chi connectivity index (χ0) is 20.8. The zero-order valence-corrected chi connectivity index (χ0v) is 17.3. The number of benzene rings is 2. The van der Waals surface area contributed by atoms with Gasteiger partial charge in [0.1, 0.15) is 17.2 Å². The molecule has 0 saturated carbocycles. The first kappa shape index (κ1) is 20.4. The molecule has 3 aromatic rings. The summed E-state index contributed by atoms with van der Waals surface area (Å²) in [4.78, 5) is 24.3. The number of methoxy groups -OCH3 is 2. The van der Waals surface area contributed by atoms with Gasteiger partial charge in [-0.3, -0.25) is 9.89 Å². The molecule has 3 rings (SSSR count). The summed E-state index contributed by atoms with van der Waals surface area (Å²) in [6, 6.07) is 14.0. The van der Waals surface area contributed by atoms with Crippen molar-refractivity contribution < 1.29 is 23.8 Å². The highest BCUT2D eigenvalue weighted by molar-refractivity contribution is 9.10. The van der Waals surface area contributed by atoms with Gasteiger partial charge in [-0.25, -0.2) is 4.79 Å². The maximum atomic E-state index is 12.2. The summed E-state index contributed by atoms with van der Waals surface area (Å²) in [7, 11) is 3.01. The molecule has 2 N–H and O–H groups in total. The molecule has 1 aromatic heterocycles. The number of halogens is 1. The van der Waals surface area contributed by atoms with Crippen LogP contribution in [0.4, 0.5) is 5.69 Å². The molecule has 2 aromatic carbocycles. The Kier molecular flexibility index (Phi) is 6.50. The lowest BCUT2D eigenvalue weighted by molar-refractivity contribution is -0.119. The molecule has 0 aliphatic carbocycles. The van der Waals surface area contributed by atoms with Crippen molar-refractivity contribution in [3.63, 3.8) is 0 Å². The molecule has 8 nitrogen and oxygen atoms in total. The van der Waals surface area contributed by atoms with Crippen LogP contribution in [-0.2, 0) is 9.53 Å². The fraction of sp³-hybridized carbons (Fsp3) is 0.150. The van der Waals surface area contributed by atoms with Crippen LogP contribution < -0.4 is 14.8 Å². The van der Waals surface area contributed by atoms with E-state index in [9.17, 15) is 9.59 Å². The molecule has 0 saturated heterocycles. The van der Waals surface area contributed by atoms with Crippen LogP contribution in [0.15, 0.2) is 53.0 Å². The van der Waals surface area contributed by atoms with Crippen LogP contribution in [0, 0.1) is 0 Å². The van der Waals surface area contributed by atoms with E-state index < -0.39 is 18.5 Å². The Hall–Kier alpha value is -3.33. The van der Waals surface area contributed by atoms with Gasteiger partial charge in [-0.1, -0.05) is 28.1 Å². The molecule has 9 heteroatoms. The van der Waals surface area contributed by atoms with E-state index in [4.69, 9.17) is 14.2 Å². The third kappa shape index (κ3) is 5.14. The number of nitrogens with zero attached hydrogens (tertiary/aromatic N) is 1. The van der Waals surface area contributed by atoms with Crippen LogP contribution in [0.2, 0.25) is 0 Å². The Labute approximate surface area is 175 Å². The quantitative estimate of drug-likeness (QED) is 0.522. The Morgan fingerprint density at radius 3 is 2.52 bits per heavy atom. The molecule has 0 bridgehead atoms. The average molecular weight is 460 g/mol. The van der Waals surface area contributed by atoms with E-state index in [-0.39, 0.29) is 5.69 Å². The van der Waals surface area contributed by atoms with Crippen molar-refractivity contribution in [2.75, 3.05) is 26.1 Å². The predicted octanol–water partition coefficient (Wildman–Crippen LogP) is 3.65. The average Bonchev–Trinajstić information content (AvgIpc) is 3.23. The highest BCUT2D eigenvalue weighted by Crippen LogP contribution is 2.29. The van der Waals surface area contributed by atoms with Gasteiger partial charge in [-0.15, -0.1) is 0 Å². The predicted molar refractivity (Wildman–Crippen MR) is 110 cm³/mol. The number of aromatic amines is 1. The molecule has 0 atom stereocenters. The Balaban J connectivity index is 1.58. The largest absolute Gasteiger partial charge is 0.497 e. The Morgan fingerprint density at radius 1 is 1.07 bits per heavy atom. The Bertz CT molecular complexity index is 1020. The standard InChI is InChI=1S/C20H18BrN3O5/c1-27-14-7-8-15(18(9-14)28-2)22-19(25)11-29-20(26)17-10-16(23-24-17)12-3-5-13(21)6-4-12/h3-10H,11H2,1-2H3,(H,22,25)(H,23,24). The molecular formula is C20H18BrN3O5. The van der Waals surface area contributed by atoms with E-state index in [2.05, 4.69) is 31.4 Å². The van der Waals surface area contributed by atoms with Gasteiger partial charge >= 0.3 is 5.97 Å². The number of hydrogen-bond acceptors (Lipinski definition) is 6. The first-order chi connectivity index (χ1) is 14.0. The van der Waals surface area contributed by atoms with Crippen molar-refractivity contribution in [1.82, 2.24) is 10.2 Å². The molecule has 29 heavy (non-hydrogen) atoms. The van der Waals surface area contributed by atoms with Crippen molar-refractivity contribution >= 4 is 33.5 Å². The third-order valence-corrected chi connectivity index (χ3v) is 4.48. The number of aromatic nitrogens is 2. The van der Waals surface area contributed by atoms with Crippen molar-refractivity contribution in [2.24, 2.45) is 0 Å². The zero-order valence-electron chi connectivity index (χ0n) is 15.7. The van der Waals surface area contributed by atoms with E-state index in [1.807, 2.05) is 24.3 Å². The molecule has 0 unspecified atom stereocenters. The van der Waals surface area contributed by atoms with E-state index in [1.165, 1.54) is 14.2 Å². The van der Waals surface area contributed by atoms with Gasteiger partial charge in [0.2, 0.25) is 0 Å². The van der Waals surface area contributed by atoms with Gasteiger partial charge in [-0.2, -0.15) is 5.10 Å². The molecule has 150 valence electrons. The van der Waals surface area contributed by atoms with Crippen LogP contribution in [0.5, 0.6) is 11.5 Å². The topological polar surface area (TPSA) is 103 Å². The van der Waals surface area contributed by atoms with Crippen molar-refractivity contribution in [1.29, 1.82) is 0 Å². The van der Waals surface area contributed by atoms with E-state index in [0.717, 1.165) is 10.0 Å². The van der Waals surface area contributed by atoms with Gasteiger partial charge in [0, 0.05) is 16.1 Å². The van der Waals surface area contributed by atoms with Gasteiger partial charge in [-0.05, 0) is 30.3 Å². The number of amides is 1. The normalized spacial score (nSPS) is 10.3. The van der Waals surface area contributed by atoms with Gasteiger partial charge in [0.25, 0.3) is 5.91 Å². The van der Waals surface area contributed by atoms with Gasteiger partial charge < -0.3 is 19.5 Å². The SMILES string of the molecule is COc1ccc(NC(=O)COC(=O)c2cc(-c3ccc(Br)cc3)n[nH]2)c(OC)c1. The number of carbonyl (C=O) groups excluding carboxylic acids is 2. The van der Waals surface area contributed by atoms with Crippen LogP contribution >= 0.6 is 15.9 Å². The van der Waals surface area contributed by atoms with Crippen molar-refractivity contribution in [2.45, 2.75) is 0 Å². The van der Waals surface area contributed by atoms with Crippen LogP contribution in [0.25, 0.3) is 11.3 Å². The second-order valence-corrected chi connectivity index (χ2v) is 6.78. The number of rotatable bonds is 7. The minimum Gasteiger partial charge on any atom is -0.497 e. The number of H-pyrrole nitrogens is 1. The maximum absolute atomic E-state index is 12.2. The highest BCUT2D eigenvalue weighted by Gasteiger charge is 2.15. The molecule has 0 spiro atoms. The first-order valence-corrected chi connectivity index (χ1v) is 9.30. The summed E-state index contributed by atoms with van der Waals surface area (Å²) < 4.78 is 16.3. The molecule has 1 amide bonds. The number of carbonyl (C=O) groups is 2. The number of ether oxygens (including phenoxy) is 3. The van der Waals surface area contributed by atoms with Crippen LogP contribution in [0.1, 0.15) is 10.5 Å².